The molecule has 0 saturated carbocycles. The van der Waals surface area contributed by atoms with Gasteiger partial charge in [0.25, 0.3) is 5.91 Å². The van der Waals surface area contributed by atoms with Gasteiger partial charge in [-0.3, -0.25) is 4.79 Å². The molecule has 0 unspecified atom stereocenters. The van der Waals surface area contributed by atoms with Crippen molar-refractivity contribution >= 4 is 27.3 Å². The normalized spacial score (nSPS) is 11.2. The Hall–Kier alpha value is -3.36. The lowest BCUT2D eigenvalue weighted by atomic mass is 10.1. The van der Waals surface area contributed by atoms with Crippen LogP contribution in [0.15, 0.2) is 78.9 Å². The molecule has 3 aromatic rings. The Morgan fingerprint density at radius 2 is 1.45 bits per heavy atom. The highest BCUT2D eigenvalue weighted by Crippen LogP contribution is 2.20. The molecular weight excluding hydrogens is 438 g/mol. The average molecular weight is 468 g/mol. The molecule has 8 heteroatoms. The van der Waals surface area contributed by atoms with Crippen molar-refractivity contribution in [1.29, 1.82) is 0 Å². The van der Waals surface area contributed by atoms with Gasteiger partial charge in [0, 0.05) is 24.0 Å². The summed E-state index contributed by atoms with van der Waals surface area (Å²) in [4.78, 5) is 12.3. The van der Waals surface area contributed by atoms with Crippen molar-refractivity contribution in [2.75, 3.05) is 11.9 Å². The van der Waals surface area contributed by atoms with Crippen LogP contribution in [-0.4, -0.2) is 27.0 Å². The molecule has 3 aromatic carbocycles. The summed E-state index contributed by atoms with van der Waals surface area (Å²) in [6, 6.07) is 24.1. The standard InChI is InChI=1S/C25H29N3O4S/c1-19(2)28-33(30,31)18-21-9-7-6-8-20(21)16-26-25(29)17-32-24-14-12-23(13-15-24)27-22-10-4-3-5-11-22/h3-15,19,27-28H,16-18H2,1-2H3,(H,26,29). The maximum Gasteiger partial charge on any atom is 0.258 e. The number of ether oxygens (including phenoxy) is 1. The van der Waals surface area contributed by atoms with E-state index in [1.165, 1.54) is 0 Å². The number of nitrogens with one attached hydrogen (secondary N) is 3. The summed E-state index contributed by atoms with van der Waals surface area (Å²) in [5.74, 6) is 0.145. The summed E-state index contributed by atoms with van der Waals surface area (Å²) >= 11 is 0. The van der Waals surface area contributed by atoms with Gasteiger partial charge in [0.2, 0.25) is 10.0 Å². The molecule has 0 aromatic heterocycles. The van der Waals surface area contributed by atoms with E-state index in [0.29, 0.717) is 11.3 Å². The van der Waals surface area contributed by atoms with Crippen LogP contribution in [0.1, 0.15) is 25.0 Å². The van der Waals surface area contributed by atoms with Gasteiger partial charge in [-0.05, 0) is 61.4 Å². The first-order valence-corrected chi connectivity index (χ1v) is 12.3. The number of carbonyl (C=O) groups excluding carboxylic acids is 1. The van der Waals surface area contributed by atoms with Crippen LogP contribution in [-0.2, 0) is 27.1 Å². The van der Waals surface area contributed by atoms with Crippen LogP contribution in [0.4, 0.5) is 11.4 Å². The molecule has 3 rings (SSSR count). The number of sulfonamides is 1. The molecule has 0 saturated heterocycles. The van der Waals surface area contributed by atoms with Gasteiger partial charge in [-0.25, -0.2) is 13.1 Å². The van der Waals surface area contributed by atoms with Crippen molar-refractivity contribution < 1.29 is 17.9 Å². The molecule has 0 fully saturated rings. The Balaban J connectivity index is 1.49. The maximum atomic E-state index is 12.3. The first-order valence-electron chi connectivity index (χ1n) is 10.7. The lowest BCUT2D eigenvalue weighted by Crippen LogP contribution is -2.32. The van der Waals surface area contributed by atoms with Crippen LogP contribution in [0.25, 0.3) is 0 Å². The minimum Gasteiger partial charge on any atom is -0.484 e. The van der Waals surface area contributed by atoms with Crippen LogP contribution < -0.4 is 20.1 Å². The van der Waals surface area contributed by atoms with Crippen LogP contribution in [0, 0.1) is 0 Å². The second-order valence-electron chi connectivity index (χ2n) is 7.88. The highest BCUT2D eigenvalue weighted by Gasteiger charge is 2.15. The molecule has 0 radical (unpaired) electrons. The van der Waals surface area contributed by atoms with Gasteiger partial charge >= 0.3 is 0 Å². The molecule has 0 aliphatic rings. The molecule has 1 amide bonds. The number of benzene rings is 3. The predicted octanol–water partition coefficient (Wildman–Crippen LogP) is 3.95. The number of carbonyl (C=O) groups is 1. The molecular formula is C25H29N3O4S. The zero-order valence-electron chi connectivity index (χ0n) is 18.7. The van der Waals surface area contributed by atoms with Gasteiger partial charge in [0.1, 0.15) is 5.75 Å². The van der Waals surface area contributed by atoms with Crippen molar-refractivity contribution in [2.45, 2.75) is 32.2 Å². The van der Waals surface area contributed by atoms with Crippen LogP contribution in [0.2, 0.25) is 0 Å². The molecule has 174 valence electrons. The number of rotatable bonds is 11. The fraction of sp³-hybridized carbons (Fsp3) is 0.240. The van der Waals surface area contributed by atoms with E-state index in [1.807, 2.05) is 48.5 Å². The van der Waals surface area contributed by atoms with E-state index >= 15 is 0 Å². The van der Waals surface area contributed by atoms with Crippen molar-refractivity contribution in [3.63, 3.8) is 0 Å². The van der Waals surface area contributed by atoms with Gasteiger partial charge < -0.3 is 15.4 Å². The van der Waals surface area contributed by atoms with Gasteiger partial charge in [-0.1, -0.05) is 42.5 Å². The number of hydrogen-bond donors (Lipinski definition) is 3. The molecule has 0 atom stereocenters. The SMILES string of the molecule is CC(C)NS(=O)(=O)Cc1ccccc1CNC(=O)COc1ccc(Nc2ccccc2)cc1. The second-order valence-corrected chi connectivity index (χ2v) is 9.64. The number of hydrogen-bond acceptors (Lipinski definition) is 5. The lowest BCUT2D eigenvalue weighted by molar-refractivity contribution is -0.123. The summed E-state index contributed by atoms with van der Waals surface area (Å²) in [5, 5.41) is 6.07. The minimum absolute atomic E-state index is 0.138. The Morgan fingerprint density at radius 3 is 2.12 bits per heavy atom. The molecule has 0 heterocycles. The largest absolute Gasteiger partial charge is 0.484 e. The summed E-state index contributed by atoms with van der Waals surface area (Å²) in [6.07, 6.45) is 0. The number of anilines is 2. The zero-order chi connectivity index (χ0) is 23.7. The van der Waals surface area contributed by atoms with E-state index < -0.39 is 10.0 Å². The Morgan fingerprint density at radius 1 is 0.848 bits per heavy atom. The summed E-state index contributed by atoms with van der Waals surface area (Å²) in [5.41, 5.74) is 3.29. The highest BCUT2D eigenvalue weighted by molar-refractivity contribution is 7.88. The zero-order valence-corrected chi connectivity index (χ0v) is 19.6. The molecule has 0 bridgehead atoms. The van der Waals surface area contributed by atoms with Crippen molar-refractivity contribution in [3.05, 3.63) is 90.0 Å². The first kappa shape index (κ1) is 24.3. The Labute approximate surface area is 195 Å². The third-order valence-corrected chi connectivity index (χ3v) is 6.16. The molecule has 7 nitrogen and oxygen atoms in total. The Kier molecular flexibility index (Phi) is 8.46. The third-order valence-electron chi connectivity index (χ3n) is 4.64. The molecule has 0 aliphatic carbocycles. The quantitative estimate of drug-likeness (QED) is 0.397. The van der Waals surface area contributed by atoms with Crippen LogP contribution >= 0.6 is 0 Å². The van der Waals surface area contributed by atoms with Crippen molar-refractivity contribution in [3.8, 4) is 5.75 Å². The Bertz CT molecular complexity index is 1150. The fourth-order valence-corrected chi connectivity index (χ4v) is 4.69. The number of para-hydroxylation sites is 1. The van der Waals surface area contributed by atoms with Crippen molar-refractivity contribution in [2.24, 2.45) is 0 Å². The fourth-order valence-electron chi connectivity index (χ4n) is 3.19. The number of amides is 1. The molecule has 33 heavy (non-hydrogen) atoms. The highest BCUT2D eigenvalue weighted by atomic mass is 32.2. The molecule has 3 N–H and O–H groups in total. The lowest BCUT2D eigenvalue weighted by Gasteiger charge is -2.13. The van der Waals surface area contributed by atoms with Gasteiger partial charge in [-0.2, -0.15) is 0 Å². The van der Waals surface area contributed by atoms with E-state index in [2.05, 4.69) is 15.4 Å². The van der Waals surface area contributed by atoms with E-state index in [0.717, 1.165) is 16.9 Å². The molecule has 0 aliphatic heterocycles. The minimum atomic E-state index is -3.46. The van der Waals surface area contributed by atoms with E-state index in [4.69, 9.17) is 4.74 Å². The average Bonchev–Trinajstić information content (AvgIpc) is 2.77. The van der Waals surface area contributed by atoms with Crippen molar-refractivity contribution in [1.82, 2.24) is 10.0 Å². The van der Waals surface area contributed by atoms with E-state index in [-0.39, 0.29) is 30.9 Å². The van der Waals surface area contributed by atoms with Gasteiger partial charge in [-0.15, -0.1) is 0 Å². The van der Waals surface area contributed by atoms with Gasteiger partial charge in [0.05, 0.1) is 5.75 Å². The summed E-state index contributed by atoms with van der Waals surface area (Å²) in [6.45, 7) is 3.63. The summed E-state index contributed by atoms with van der Waals surface area (Å²) < 4.78 is 32.7. The van der Waals surface area contributed by atoms with Crippen LogP contribution in [0.5, 0.6) is 5.75 Å². The van der Waals surface area contributed by atoms with E-state index in [1.54, 1.807) is 44.2 Å². The smallest absolute Gasteiger partial charge is 0.258 e. The van der Waals surface area contributed by atoms with E-state index in [9.17, 15) is 13.2 Å². The van der Waals surface area contributed by atoms with Crippen LogP contribution in [0.3, 0.4) is 0 Å². The molecule has 0 spiro atoms. The first-order chi connectivity index (χ1) is 15.8. The third kappa shape index (κ3) is 8.25. The predicted molar refractivity (Wildman–Crippen MR) is 131 cm³/mol. The monoisotopic (exact) mass is 467 g/mol. The maximum absolute atomic E-state index is 12.3. The van der Waals surface area contributed by atoms with Gasteiger partial charge in [0.15, 0.2) is 6.61 Å². The second kappa shape index (κ2) is 11.5. The topological polar surface area (TPSA) is 96.5 Å². The summed E-state index contributed by atoms with van der Waals surface area (Å²) in [7, 11) is -3.46.